The molecule has 1 heterocycles. The van der Waals surface area contributed by atoms with Crippen LogP contribution < -0.4 is 5.32 Å². The van der Waals surface area contributed by atoms with Crippen molar-refractivity contribution >= 4 is 34.8 Å². The molecule has 134 valence electrons. The smallest absolute Gasteiger partial charge is 0.273 e. The minimum Gasteiger partial charge on any atom is -0.338 e. The molecule has 0 aliphatic heterocycles. The first-order chi connectivity index (χ1) is 12.4. The van der Waals surface area contributed by atoms with Crippen molar-refractivity contribution < 1.29 is 4.79 Å². The third kappa shape index (κ3) is 4.26. The van der Waals surface area contributed by atoms with Gasteiger partial charge in [-0.1, -0.05) is 55.2 Å². The molecule has 26 heavy (non-hydrogen) atoms. The van der Waals surface area contributed by atoms with Crippen LogP contribution in [0.15, 0.2) is 48.7 Å². The van der Waals surface area contributed by atoms with Crippen molar-refractivity contribution in [2.75, 3.05) is 5.32 Å². The quantitative estimate of drug-likeness (QED) is 0.591. The van der Waals surface area contributed by atoms with Crippen molar-refractivity contribution in [1.29, 1.82) is 0 Å². The van der Waals surface area contributed by atoms with Gasteiger partial charge in [0.15, 0.2) is 0 Å². The zero-order chi connectivity index (χ0) is 18.7. The van der Waals surface area contributed by atoms with Crippen LogP contribution in [0.4, 0.5) is 5.69 Å². The number of H-pyrrole nitrogens is 1. The van der Waals surface area contributed by atoms with Gasteiger partial charge in [0, 0.05) is 22.2 Å². The number of nitrogens with zero attached hydrogens (tertiary/aromatic N) is 1. The van der Waals surface area contributed by atoms with Gasteiger partial charge < -0.3 is 10.3 Å². The van der Waals surface area contributed by atoms with Gasteiger partial charge in [0.25, 0.3) is 5.91 Å². The molecule has 1 aromatic heterocycles. The number of hydrogen-bond donors (Lipinski definition) is 2. The number of carbonyl (C=O) groups excluding carboxylic acids is 1. The Balaban J connectivity index is 1.70. The highest BCUT2D eigenvalue weighted by molar-refractivity contribution is 6.36. The summed E-state index contributed by atoms with van der Waals surface area (Å²) in [6.07, 6.45) is 1.94. The molecule has 0 bridgehead atoms. The molecule has 0 aliphatic rings. The van der Waals surface area contributed by atoms with E-state index in [4.69, 9.17) is 23.2 Å². The summed E-state index contributed by atoms with van der Waals surface area (Å²) in [4.78, 5) is 19.7. The van der Waals surface area contributed by atoms with E-state index < -0.39 is 0 Å². The van der Waals surface area contributed by atoms with Crippen LogP contribution in [0.25, 0.3) is 0 Å². The molecule has 0 atom stereocenters. The molecule has 4 nitrogen and oxygen atoms in total. The number of amides is 1. The van der Waals surface area contributed by atoms with Gasteiger partial charge in [-0.2, -0.15) is 0 Å². The summed E-state index contributed by atoms with van der Waals surface area (Å²) < 4.78 is 0. The second-order valence-corrected chi connectivity index (χ2v) is 7.17. The van der Waals surface area contributed by atoms with E-state index in [1.54, 1.807) is 18.2 Å². The van der Waals surface area contributed by atoms with E-state index in [2.05, 4.69) is 29.1 Å². The fourth-order valence-corrected chi connectivity index (χ4v) is 3.12. The average molecular weight is 388 g/mol. The summed E-state index contributed by atoms with van der Waals surface area (Å²) in [6, 6.07) is 13.2. The maximum Gasteiger partial charge on any atom is 0.273 e. The van der Waals surface area contributed by atoms with Gasteiger partial charge in [-0.3, -0.25) is 4.79 Å². The Morgan fingerprint density at radius 2 is 1.77 bits per heavy atom. The van der Waals surface area contributed by atoms with E-state index in [-0.39, 0.29) is 5.91 Å². The summed E-state index contributed by atoms with van der Waals surface area (Å²) in [5.74, 6) is 0.832. The summed E-state index contributed by atoms with van der Waals surface area (Å²) in [5.41, 5.74) is 3.13. The lowest BCUT2D eigenvalue weighted by Gasteiger charge is -2.07. The van der Waals surface area contributed by atoms with E-state index in [1.807, 2.05) is 24.3 Å². The Kier molecular flexibility index (Phi) is 5.64. The van der Waals surface area contributed by atoms with Crippen LogP contribution in [0.2, 0.25) is 10.0 Å². The van der Waals surface area contributed by atoms with Gasteiger partial charge in [-0.05, 0) is 41.3 Å². The molecule has 2 N–H and O–H groups in total. The lowest BCUT2D eigenvalue weighted by atomic mass is 10.0. The predicted octanol–water partition coefficient (Wildman–Crippen LogP) is 5.68. The molecule has 6 heteroatoms. The largest absolute Gasteiger partial charge is 0.338 e. The molecular weight excluding hydrogens is 369 g/mol. The van der Waals surface area contributed by atoms with Crippen LogP contribution in [0.3, 0.4) is 0 Å². The Hall–Kier alpha value is -2.30. The second kappa shape index (κ2) is 7.94. The summed E-state index contributed by atoms with van der Waals surface area (Å²) in [6.45, 7) is 4.26. The molecule has 0 saturated heterocycles. The Labute approximate surface area is 162 Å². The Morgan fingerprint density at radius 3 is 2.38 bits per heavy atom. The van der Waals surface area contributed by atoms with Crippen LogP contribution in [-0.2, 0) is 6.42 Å². The van der Waals surface area contributed by atoms with Crippen molar-refractivity contribution in [3.05, 3.63) is 81.4 Å². The van der Waals surface area contributed by atoms with Crippen LogP contribution in [0.1, 0.15) is 47.2 Å². The number of imidazole rings is 1. The molecule has 0 aliphatic carbocycles. The monoisotopic (exact) mass is 387 g/mol. The van der Waals surface area contributed by atoms with Gasteiger partial charge in [0.05, 0.1) is 6.20 Å². The number of anilines is 1. The summed E-state index contributed by atoms with van der Waals surface area (Å²) in [5, 5.41) is 4.01. The number of carbonyl (C=O) groups is 1. The highest BCUT2D eigenvalue weighted by Crippen LogP contribution is 2.26. The number of halogens is 2. The highest BCUT2D eigenvalue weighted by Gasteiger charge is 2.13. The number of nitrogens with one attached hydrogen (secondary N) is 2. The van der Waals surface area contributed by atoms with E-state index >= 15 is 0 Å². The third-order valence-corrected chi connectivity index (χ3v) is 4.82. The van der Waals surface area contributed by atoms with Gasteiger partial charge in [-0.25, -0.2) is 4.98 Å². The van der Waals surface area contributed by atoms with Crippen LogP contribution in [0, 0.1) is 0 Å². The van der Waals surface area contributed by atoms with Crippen molar-refractivity contribution in [2.45, 2.75) is 26.2 Å². The van der Waals surface area contributed by atoms with E-state index in [0.29, 0.717) is 33.9 Å². The molecule has 0 spiro atoms. The van der Waals surface area contributed by atoms with Crippen molar-refractivity contribution in [1.82, 2.24) is 9.97 Å². The fraction of sp³-hybridized carbons (Fsp3) is 0.200. The molecule has 0 fully saturated rings. The third-order valence-electron chi connectivity index (χ3n) is 4.11. The molecule has 0 saturated carbocycles. The SMILES string of the molecule is CC(C)c1ccc(NC(=O)c2cnc(Cc3c(Cl)cccc3Cl)[nH]2)cc1. The minimum absolute atomic E-state index is 0.244. The van der Waals surface area contributed by atoms with Crippen LogP contribution >= 0.6 is 23.2 Å². The molecule has 3 aromatic rings. The van der Waals surface area contributed by atoms with Crippen molar-refractivity contribution in [2.24, 2.45) is 0 Å². The standard InChI is InChI=1S/C20H19Cl2N3O/c1-12(2)13-6-8-14(9-7-13)24-20(26)18-11-23-19(25-18)10-15-16(21)4-3-5-17(15)22/h3-9,11-12H,10H2,1-2H3,(H,23,25)(H,24,26). The van der Waals surface area contributed by atoms with Gasteiger partial charge in [0.1, 0.15) is 11.5 Å². The normalized spacial score (nSPS) is 11.0. The first-order valence-electron chi connectivity index (χ1n) is 8.32. The number of hydrogen-bond acceptors (Lipinski definition) is 2. The fourth-order valence-electron chi connectivity index (χ4n) is 2.59. The molecular formula is C20H19Cl2N3O. The zero-order valence-electron chi connectivity index (χ0n) is 14.5. The van der Waals surface area contributed by atoms with Gasteiger partial charge in [-0.15, -0.1) is 0 Å². The molecule has 1 amide bonds. The number of aromatic nitrogens is 2. The summed E-state index contributed by atoms with van der Waals surface area (Å²) >= 11 is 12.4. The molecule has 2 aromatic carbocycles. The topological polar surface area (TPSA) is 57.8 Å². The predicted molar refractivity (Wildman–Crippen MR) is 106 cm³/mol. The summed E-state index contributed by atoms with van der Waals surface area (Å²) in [7, 11) is 0. The van der Waals surface area contributed by atoms with Crippen LogP contribution in [0.5, 0.6) is 0 Å². The Morgan fingerprint density at radius 1 is 1.12 bits per heavy atom. The highest BCUT2D eigenvalue weighted by atomic mass is 35.5. The maximum atomic E-state index is 12.4. The average Bonchev–Trinajstić information content (AvgIpc) is 3.07. The Bertz CT molecular complexity index is 897. The number of aromatic amines is 1. The molecule has 0 unspecified atom stereocenters. The second-order valence-electron chi connectivity index (χ2n) is 6.35. The first kappa shape index (κ1) is 18.5. The minimum atomic E-state index is -0.244. The van der Waals surface area contributed by atoms with E-state index in [0.717, 1.165) is 11.3 Å². The van der Waals surface area contributed by atoms with Crippen molar-refractivity contribution in [3.8, 4) is 0 Å². The van der Waals surface area contributed by atoms with E-state index in [1.165, 1.54) is 11.8 Å². The number of rotatable bonds is 5. The first-order valence-corrected chi connectivity index (χ1v) is 9.07. The lowest BCUT2D eigenvalue weighted by molar-refractivity contribution is 0.102. The lowest BCUT2D eigenvalue weighted by Crippen LogP contribution is -2.12. The zero-order valence-corrected chi connectivity index (χ0v) is 16.0. The molecule has 0 radical (unpaired) electrons. The van der Waals surface area contributed by atoms with E-state index in [9.17, 15) is 4.79 Å². The van der Waals surface area contributed by atoms with Gasteiger partial charge >= 0.3 is 0 Å². The maximum absolute atomic E-state index is 12.4. The van der Waals surface area contributed by atoms with Crippen LogP contribution in [-0.4, -0.2) is 15.9 Å². The van der Waals surface area contributed by atoms with Crippen molar-refractivity contribution in [3.63, 3.8) is 0 Å². The van der Waals surface area contributed by atoms with Gasteiger partial charge in [0.2, 0.25) is 0 Å². The molecule has 3 rings (SSSR count). The number of benzene rings is 2.